The first-order chi connectivity index (χ1) is 7.54. The predicted molar refractivity (Wildman–Crippen MR) is 62.0 cm³/mol. The highest BCUT2D eigenvalue weighted by Gasteiger charge is 2.10. The first kappa shape index (κ1) is 12.7. The minimum Gasteiger partial charge on any atom is -0.489 e. The molecule has 0 radical (unpaired) electrons. The second kappa shape index (κ2) is 5.66. The minimum atomic E-state index is -0.749. The topological polar surface area (TPSA) is 29.5 Å². The van der Waals surface area contributed by atoms with E-state index in [0.29, 0.717) is 17.9 Å². The van der Waals surface area contributed by atoms with Crippen LogP contribution in [0.5, 0.6) is 5.75 Å². The summed E-state index contributed by atoms with van der Waals surface area (Å²) in [5.41, 5.74) is 1.42. The van der Waals surface area contributed by atoms with Gasteiger partial charge in [-0.15, -0.1) is 0 Å². The first-order valence-electron chi connectivity index (χ1n) is 5.31. The number of hydrogen-bond acceptors (Lipinski definition) is 2. The van der Waals surface area contributed by atoms with Crippen LogP contribution < -0.4 is 4.74 Å². The maximum atomic E-state index is 13.0. The summed E-state index contributed by atoms with van der Waals surface area (Å²) in [5.74, 6) is 0.128. The molecule has 0 heterocycles. The highest BCUT2D eigenvalue weighted by Crippen LogP contribution is 2.26. The number of hydrogen-bond donors (Lipinski definition) is 1. The molecule has 0 bridgehead atoms. The molecule has 0 saturated carbocycles. The summed E-state index contributed by atoms with van der Waals surface area (Å²) in [6, 6.07) is 4.13. The fourth-order valence-corrected chi connectivity index (χ4v) is 1.26. The van der Waals surface area contributed by atoms with E-state index in [1.165, 1.54) is 18.2 Å². The van der Waals surface area contributed by atoms with Crippen LogP contribution in [0.15, 0.2) is 30.4 Å². The Morgan fingerprint density at radius 3 is 2.81 bits per heavy atom. The lowest BCUT2D eigenvalue weighted by atomic mass is 10.1. The number of aliphatic hydroxyl groups excluding tert-OH is 1. The van der Waals surface area contributed by atoms with Crippen LogP contribution in [0.4, 0.5) is 4.39 Å². The second-order valence-corrected chi connectivity index (χ2v) is 3.75. The lowest BCUT2D eigenvalue weighted by molar-refractivity contribution is 0.192. The summed E-state index contributed by atoms with van der Waals surface area (Å²) in [4.78, 5) is 0. The fourth-order valence-electron chi connectivity index (χ4n) is 1.26. The van der Waals surface area contributed by atoms with Crippen molar-refractivity contribution in [1.82, 2.24) is 0 Å². The van der Waals surface area contributed by atoms with E-state index >= 15 is 0 Å². The van der Waals surface area contributed by atoms with E-state index in [0.717, 1.165) is 12.0 Å². The van der Waals surface area contributed by atoms with Gasteiger partial charge in [0.15, 0.2) is 0 Å². The number of benzene rings is 1. The quantitative estimate of drug-likeness (QED) is 0.778. The fraction of sp³-hybridized carbons (Fsp3) is 0.385. The predicted octanol–water partition coefficient (Wildman–Crippen LogP) is 3.22. The minimum absolute atomic E-state index is 0.377. The van der Waals surface area contributed by atoms with E-state index in [2.05, 4.69) is 6.58 Å². The van der Waals surface area contributed by atoms with Crippen molar-refractivity contribution in [2.45, 2.75) is 26.4 Å². The number of aliphatic hydroxyl groups is 1. The third-order valence-electron chi connectivity index (χ3n) is 2.35. The normalized spacial score (nSPS) is 12.2. The number of halogens is 1. The Morgan fingerprint density at radius 1 is 1.56 bits per heavy atom. The van der Waals surface area contributed by atoms with Crippen molar-refractivity contribution in [2.75, 3.05) is 6.61 Å². The zero-order valence-corrected chi connectivity index (χ0v) is 9.66. The van der Waals surface area contributed by atoms with Crippen LogP contribution in [0.2, 0.25) is 0 Å². The summed E-state index contributed by atoms with van der Waals surface area (Å²) in [6.45, 7) is 7.78. The molecule has 1 rings (SSSR count). The van der Waals surface area contributed by atoms with Gasteiger partial charge in [-0.3, -0.25) is 0 Å². The van der Waals surface area contributed by atoms with E-state index in [-0.39, 0.29) is 5.82 Å². The second-order valence-electron chi connectivity index (χ2n) is 3.75. The molecule has 0 spiro atoms. The summed E-state index contributed by atoms with van der Waals surface area (Å²) < 4.78 is 18.5. The van der Waals surface area contributed by atoms with E-state index in [1.54, 1.807) is 6.92 Å². The molecule has 0 saturated heterocycles. The molecule has 16 heavy (non-hydrogen) atoms. The Balaban J connectivity index is 2.82. The summed E-state index contributed by atoms with van der Waals surface area (Å²) in [6.07, 6.45) is 0.0890. The van der Waals surface area contributed by atoms with Crippen LogP contribution in [0, 0.1) is 5.82 Å². The maximum Gasteiger partial charge on any atom is 0.125 e. The van der Waals surface area contributed by atoms with Gasteiger partial charge in [-0.25, -0.2) is 4.39 Å². The SMILES string of the molecule is C=C(CC)COc1ccc(F)cc1[C@@H](C)O. The van der Waals surface area contributed by atoms with Crippen LogP contribution in [0.25, 0.3) is 0 Å². The van der Waals surface area contributed by atoms with E-state index in [1.807, 2.05) is 6.92 Å². The molecule has 0 aliphatic carbocycles. The van der Waals surface area contributed by atoms with Gasteiger partial charge >= 0.3 is 0 Å². The molecule has 3 heteroatoms. The van der Waals surface area contributed by atoms with Crippen LogP contribution >= 0.6 is 0 Å². The molecule has 88 valence electrons. The van der Waals surface area contributed by atoms with Crippen molar-refractivity contribution in [3.8, 4) is 5.75 Å². The van der Waals surface area contributed by atoms with Crippen LogP contribution in [-0.2, 0) is 0 Å². The van der Waals surface area contributed by atoms with Gasteiger partial charge in [0.1, 0.15) is 18.2 Å². The van der Waals surface area contributed by atoms with Crippen LogP contribution in [0.1, 0.15) is 31.9 Å². The molecule has 1 atom stereocenters. The van der Waals surface area contributed by atoms with Gasteiger partial charge in [-0.2, -0.15) is 0 Å². The molecule has 0 aliphatic rings. The zero-order chi connectivity index (χ0) is 12.1. The molecular formula is C13H17FO2. The maximum absolute atomic E-state index is 13.0. The van der Waals surface area contributed by atoms with Gasteiger partial charge in [-0.05, 0) is 37.1 Å². The lowest BCUT2D eigenvalue weighted by Gasteiger charge is -2.14. The van der Waals surface area contributed by atoms with E-state index in [9.17, 15) is 9.50 Å². The Morgan fingerprint density at radius 2 is 2.25 bits per heavy atom. The van der Waals surface area contributed by atoms with Crippen molar-refractivity contribution in [3.63, 3.8) is 0 Å². The van der Waals surface area contributed by atoms with Gasteiger partial charge in [-0.1, -0.05) is 13.5 Å². The van der Waals surface area contributed by atoms with Gasteiger partial charge in [0.2, 0.25) is 0 Å². The van der Waals surface area contributed by atoms with Crippen molar-refractivity contribution < 1.29 is 14.2 Å². The Kier molecular flexibility index (Phi) is 4.50. The third kappa shape index (κ3) is 3.35. The molecule has 0 amide bonds. The molecule has 0 fully saturated rings. The smallest absolute Gasteiger partial charge is 0.125 e. The van der Waals surface area contributed by atoms with Gasteiger partial charge in [0.25, 0.3) is 0 Å². The molecule has 2 nitrogen and oxygen atoms in total. The molecule has 0 aromatic heterocycles. The summed E-state index contributed by atoms with van der Waals surface area (Å²) >= 11 is 0. The molecular weight excluding hydrogens is 207 g/mol. The van der Waals surface area contributed by atoms with Gasteiger partial charge < -0.3 is 9.84 Å². The Bertz CT molecular complexity index is 372. The van der Waals surface area contributed by atoms with Crippen molar-refractivity contribution >= 4 is 0 Å². The standard InChI is InChI=1S/C13H17FO2/c1-4-9(2)8-16-13-6-5-11(14)7-12(13)10(3)15/h5-7,10,15H,2,4,8H2,1,3H3/t10-/m1/s1. The summed E-state index contributed by atoms with van der Waals surface area (Å²) in [7, 11) is 0. The average molecular weight is 224 g/mol. The van der Waals surface area contributed by atoms with E-state index < -0.39 is 6.10 Å². The molecule has 0 unspecified atom stereocenters. The number of rotatable bonds is 5. The third-order valence-corrected chi connectivity index (χ3v) is 2.35. The van der Waals surface area contributed by atoms with Gasteiger partial charge in [0.05, 0.1) is 6.10 Å². The largest absolute Gasteiger partial charge is 0.489 e. The first-order valence-corrected chi connectivity index (χ1v) is 5.31. The monoisotopic (exact) mass is 224 g/mol. The molecule has 0 aliphatic heterocycles. The molecule has 1 aromatic carbocycles. The van der Waals surface area contributed by atoms with Crippen LogP contribution in [0.3, 0.4) is 0 Å². The van der Waals surface area contributed by atoms with Gasteiger partial charge in [0, 0.05) is 5.56 Å². The number of ether oxygens (including phenoxy) is 1. The average Bonchev–Trinajstić information content (AvgIpc) is 2.26. The van der Waals surface area contributed by atoms with Crippen molar-refractivity contribution in [1.29, 1.82) is 0 Å². The van der Waals surface area contributed by atoms with E-state index in [4.69, 9.17) is 4.74 Å². The van der Waals surface area contributed by atoms with Crippen molar-refractivity contribution in [3.05, 3.63) is 41.7 Å². The Hall–Kier alpha value is -1.35. The van der Waals surface area contributed by atoms with Crippen LogP contribution in [-0.4, -0.2) is 11.7 Å². The highest BCUT2D eigenvalue weighted by molar-refractivity contribution is 5.35. The molecule has 1 N–H and O–H groups in total. The van der Waals surface area contributed by atoms with Crippen molar-refractivity contribution in [2.24, 2.45) is 0 Å². The zero-order valence-electron chi connectivity index (χ0n) is 9.66. The lowest BCUT2D eigenvalue weighted by Crippen LogP contribution is -2.04. The highest BCUT2D eigenvalue weighted by atomic mass is 19.1. The summed E-state index contributed by atoms with van der Waals surface area (Å²) in [5, 5.41) is 9.48. The Labute approximate surface area is 95.4 Å². The molecule has 1 aromatic rings.